The van der Waals surface area contributed by atoms with Crippen molar-refractivity contribution in [1.82, 2.24) is 5.32 Å². The lowest BCUT2D eigenvalue weighted by Crippen LogP contribution is -2.35. The van der Waals surface area contributed by atoms with Gasteiger partial charge in [0.15, 0.2) is 0 Å². The average Bonchev–Trinajstić information content (AvgIpc) is 2.05. The van der Waals surface area contributed by atoms with E-state index in [4.69, 9.17) is 16.9 Å². The molecule has 0 aliphatic heterocycles. The summed E-state index contributed by atoms with van der Waals surface area (Å²) in [4.78, 5) is 11.1. The number of nitrogens with one attached hydrogen (secondary N) is 1. The van der Waals surface area contributed by atoms with Gasteiger partial charge in [-0.2, -0.15) is 0 Å². The van der Waals surface area contributed by atoms with Crippen LogP contribution in [0.5, 0.6) is 0 Å². The summed E-state index contributed by atoms with van der Waals surface area (Å²) in [5.41, 5.74) is 5.18. The molecule has 0 saturated carbocycles. The molecular weight excluding hydrogens is 168 g/mol. The minimum Gasteiger partial charge on any atom is -0.370 e. The Labute approximate surface area is 78.8 Å². The molecule has 4 heteroatoms. The fourth-order valence-electron chi connectivity index (χ4n) is 0.792. The smallest absolute Gasteiger partial charge is 0.246 e. The zero-order chi connectivity index (χ0) is 10.1. The Morgan fingerprint density at radius 1 is 1.77 bits per heavy atom. The maximum absolute atomic E-state index is 11.1. The zero-order valence-corrected chi connectivity index (χ0v) is 7.88. The highest BCUT2D eigenvalue weighted by atomic mass is 16.5. The summed E-state index contributed by atoms with van der Waals surface area (Å²) in [7, 11) is 0. The van der Waals surface area contributed by atoms with Crippen LogP contribution in [0.1, 0.15) is 13.3 Å². The number of nitrogens with two attached hydrogens (primary N) is 1. The lowest BCUT2D eigenvalue weighted by Gasteiger charge is -2.10. The number of ether oxygens (including phenoxy) is 1. The van der Waals surface area contributed by atoms with Crippen molar-refractivity contribution in [3.05, 3.63) is 0 Å². The number of carbonyl (C=O) groups is 1. The molecule has 0 aliphatic rings. The molecule has 74 valence electrons. The molecular formula is C9H16N2O2. The molecule has 0 fully saturated rings. The number of carbonyl (C=O) groups excluding carboxylic acids is 1. The van der Waals surface area contributed by atoms with Gasteiger partial charge in [-0.3, -0.25) is 4.79 Å². The summed E-state index contributed by atoms with van der Waals surface area (Å²) < 4.78 is 4.93. The first-order valence-electron chi connectivity index (χ1n) is 4.21. The van der Waals surface area contributed by atoms with Crippen LogP contribution in [-0.4, -0.2) is 31.7 Å². The van der Waals surface area contributed by atoms with Gasteiger partial charge < -0.3 is 15.8 Å². The fourth-order valence-corrected chi connectivity index (χ4v) is 0.792. The number of rotatable bonds is 6. The third-order valence-corrected chi connectivity index (χ3v) is 1.33. The van der Waals surface area contributed by atoms with Crippen LogP contribution in [0.25, 0.3) is 0 Å². The van der Waals surface area contributed by atoms with Crippen LogP contribution in [0.4, 0.5) is 0 Å². The van der Waals surface area contributed by atoms with E-state index in [1.165, 1.54) is 0 Å². The normalized spacial score (nSPS) is 11.8. The number of hydrogen-bond acceptors (Lipinski definition) is 3. The first-order chi connectivity index (χ1) is 6.20. The molecule has 0 aliphatic carbocycles. The Morgan fingerprint density at radius 3 is 3.00 bits per heavy atom. The van der Waals surface area contributed by atoms with Crippen molar-refractivity contribution in [2.45, 2.75) is 19.4 Å². The Balaban J connectivity index is 3.45. The molecule has 1 amide bonds. The Hall–Kier alpha value is -1.05. The van der Waals surface area contributed by atoms with Crippen LogP contribution in [-0.2, 0) is 9.53 Å². The van der Waals surface area contributed by atoms with E-state index < -0.39 is 0 Å². The van der Waals surface area contributed by atoms with Crippen molar-refractivity contribution in [3.8, 4) is 12.3 Å². The first kappa shape index (κ1) is 11.9. The van der Waals surface area contributed by atoms with Crippen LogP contribution in [0.15, 0.2) is 0 Å². The molecule has 0 aromatic carbocycles. The van der Waals surface area contributed by atoms with Gasteiger partial charge in [-0.1, -0.05) is 0 Å². The van der Waals surface area contributed by atoms with E-state index in [0.717, 1.165) is 0 Å². The van der Waals surface area contributed by atoms with Crippen LogP contribution in [0.2, 0.25) is 0 Å². The monoisotopic (exact) mass is 184 g/mol. The Morgan fingerprint density at radius 2 is 2.46 bits per heavy atom. The summed E-state index contributed by atoms with van der Waals surface area (Å²) in [6.07, 6.45) is 5.61. The lowest BCUT2D eigenvalue weighted by atomic mass is 10.2. The minimum absolute atomic E-state index is 0.000948. The van der Waals surface area contributed by atoms with Crippen LogP contribution in [0.3, 0.4) is 0 Å². The van der Waals surface area contributed by atoms with Gasteiger partial charge in [0.2, 0.25) is 5.91 Å². The number of amides is 1. The van der Waals surface area contributed by atoms with E-state index in [1.807, 2.05) is 6.92 Å². The summed E-state index contributed by atoms with van der Waals surface area (Å²) in [6, 6.07) is -0.000948. The Bertz CT molecular complexity index is 187. The molecule has 3 N–H and O–H groups in total. The SMILES string of the molecule is C#CCC(C)NC(=O)COCCN. The largest absolute Gasteiger partial charge is 0.370 e. The molecule has 0 saturated heterocycles. The van der Waals surface area contributed by atoms with Gasteiger partial charge in [-0.15, -0.1) is 12.3 Å². The molecule has 1 atom stereocenters. The summed E-state index contributed by atoms with van der Waals surface area (Å²) in [5, 5.41) is 2.69. The van der Waals surface area contributed by atoms with Crippen LogP contribution < -0.4 is 11.1 Å². The molecule has 0 bridgehead atoms. The fraction of sp³-hybridized carbons (Fsp3) is 0.667. The second-order valence-corrected chi connectivity index (χ2v) is 2.72. The second kappa shape index (κ2) is 7.59. The van der Waals surface area contributed by atoms with Crippen LogP contribution >= 0.6 is 0 Å². The standard InChI is InChI=1S/C9H16N2O2/c1-3-4-8(2)11-9(12)7-13-6-5-10/h1,8H,4-7,10H2,2H3,(H,11,12). The van der Waals surface area contributed by atoms with Gasteiger partial charge in [-0.25, -0.2) is 0 Å². The van der Waals surface area contributed by atoms with Crippen molar-refractivity contribution >= 4 is 5.91 Å². The minimum atomic E-state index is -0.156. The maximum Gasteiger partial charge on any atom is 0.246 e. The van der Waals surface area contributed by atoms with Gasteiger partial charge in [-0.05, 0) is 6.92 Å². The van der Waals surface area contributed by atoms with E-state index in [1.54, 1.807) is 0 Å². The predicted octanol–water partition coefficient (Wildman–Crippen LogP) is -0.510. The van der Waals surface area contributed by atoms with Gasteiger partial charge in [0.1, 0.15) is 6.61 Å². The van der Waals surface area contributed by atoms with Crippen molar-refractivity contribution in [1.29, 1.82) is 0 Å². The molecule has 13 heavy (non-hydrogen) atoms. The highest BCUT2D eigenvalue weighted by molar-refractivity contribution is 5.77. The molecule has 0 heterocycles. The van der Waals surface area contributed by atoms with Gasteiger partial charge in [0, 0.05) is 19.0 Å². The van der Waals surface area contributed by atoms with Crippen molar-refractivity contribution in [2.24, 2.45) is 5.73 Å². The van der Waals surface area contributed by atoms with Gasteiger partial charge in [0.25, 0.3) is 0 Å². The van der Waals surface area contributed by atoms with E-state index in [9.17, 15) is 4.79 Å². The first-order valence-corrected chi connectivity index (χ1v) is 4.21. The number of terminal acetylenes is 1. The van der Waals surface area contributed by atoms with E-state index in [2.05, 4.69) is 11.2 Å². The van der Waals surface area contributed by atoms with Crippen molar-refractivity contribution in [3.63, 3.8) is 0 Å². The van der Waals surface area contributed by atoms with Gasteiger partial charge in [0.05, 0.1) is 6.61 Å². The van der Waals surface area contributed by atoms with E-state index in [0.29, 0.717) is 19.6 Å². The van der Waals surface area contributed by atoms with Crippen molar-refractivity contribution in [2.75, 3.05) is 19.8 Å². The summed E-state index contributed by atoms with van der Waals surface area (Å²) in [5.74, 6) is 2.31. The molecule has 0 aromatic rings. The molecule has 0 aromatic heterocycles. The van der Waals surface area contributed by atoms with E-state index in [-0.39, 0.29) is 18.6 Å². The second-order valence-electron chi connectivity index (χ2n) is 2.72. The van der Waals surface area contributed by atoms with Crippen LogP contribution in [0, 0.1) is 12.3 Å². The predicted molar refractivity (Wildman–Crippen MR) is 50.9 cm³/mol. The molecule has 0 spiro atoms. The van der Waals surface area contributed by atoms with Crippen molar-refractivity contribution < 1.29 is 9.53 Å². The molecule has 0 radical (unpaired) electrons. The van der Waals surface area contributed by atoms with E-state index >= 15 is 0 Å². The molecule has 0 rings (SSSR count). The highest BCUT2D eigenvalue weighted by Crippen LogP contribution is 1.87. The number of hydrogen-bond donors (Lipinski definition) is 2. The Kier molecular flexibility index (Phi) is 6.98. The maximum atomic E-state index is 11.1. The molecule has 4 nitrogen and oxygen atoms in total. The van der Waals surface area contributed by atoms with Gasteiger partial charge >= 0.3 is 0 Å². The lowest BCUT2D eigenvalue weighted by molar-refractivity contribution is -0.126. The third kappa shape index (κ3) is 7.32. The highest BCUT2D eigenvalue weighted by Gasteiger charge is 2.05. The topological polar surface area (TPSA) is 64.3 Å². The molecule has 1 unspecified atom stereocenters. The third-order valence-electron chi connectivity index (χ3n) is 1.33. The zero-order valence-electron chi connectivity index (χ0n) is 7.88. The quantitative estimate of drug-likeness (QED) is 0.431. The average molecular weight is 184 g/mol. The summed E-state index contributed by atoms with van der Waals surface area (Å²) in [6.45, 7) is 2.72. The summed E-state index contributed by atoms with van der Waals surface area (Å²) >= 11 is 0.